The van der Waals surface area contributed by atoms with Crippen molar-refractivity contribution in [1.29, 1.82) is 0 Å². The summed E-state index contributed by atoms with van der Waals surface area (Å²) >= 11 is 0. The lowest BCUT2D eigenvalue weighted by Crippen LogP contribution is -2.35. The molecule has 0 unspecified atom stereocenters. The van der Waals surface area contributed by atoms with Gasteiger partial charge in [0.2, 0.25) is 0 Å². The van der Waals surface area contributed by atoms with Crippen molar-refractivity contribution in [2.75, 3.05) is 20.3 Å². The highest BCUT2D eigenvalue weighted by molar-refractivity contribution is 5.18. The average molecular weight is 237 g/mol. The molecule has 0 saturated carbocycles. The summed E-state index contributed by atoms with van der Waals surface area (Å²) in [5, 5.41) is 13.1. The van der Waals surface area contributed by atoms with Crippen LogP contribution in [0, 0.1) is 5.92 Å². The van der Waals surface area contributed by atoms with Gasteiger partial charge in [-0.3, -0.25) is 0 Å². The molecule has 3 heteroatoms. The molecule has 1 aromatic carbocycles. The van der Waals surface area contributed by atoms with Crippen molar-refractivity contribution in [3.63, 3.8) is 0 Å². The lowest BCUT2D eigenvalue weighted by molar-refractivity contribution is 0.108. The van der Waals surface area contributed by atoms with E-state index in [9.17, 15) is 5.11 Å². The summed E-state index contributed by atoms with van der Waals surface area (Å²) < 4.78 is 5.21. The minimum absolute atomic E-state index is 0.134. The summed E-state index contributed by atoms with van der Waals surface area (Å²) in [6.07, 6.45) is -0.321. The maximum absolute atomic E-state index is 9.79. The van der Waals surface area contributed by atoms with Crippen LogP contribution in [0.3, 0.4) is 0 Å². The van der Waals surface area contributed by atoms with Crippen LogP contribution in [0.2, 0.25) is 0 Å². The van der Waals surface area contributed by atoms with Crippen molar-refractivity contribution in [2.45, 2.75) is 26.0 Å². The first kappa shape index (κ1) is 14.2. The summed E-state index contributed by atoms with van der Waals surface area (Å²) in [6, 6.07) is 10.3. The number of benzene rings is 1. The molecule has 0 amide bonds. The van der Waals surface area contributed by atoms with Crippen molar-refractivity contribution in [3.05, 3.63) is 35.9 Å². The van der Waals surface area contributed by atoms with Gasteiger partial charge in [0.15, 0.2) is 0 Å². The van der Waals surface area contributed by atoms with Crippen LogP contribution >= 0.6 is 0 Å². The van der Waals surface area contributed by atoms with Crippen molar-refractivity contribution >= 4 is 0 Å². The molecule has 0 spiro atoms. The Bertz CT molecular complexity index is 300. The van der Waals surface area contributed by atoms with Gasteiger partial charge in [0.25, 0.3) is 0 Å². The van der Waals surface area contributed by atoms with Crippen molar-refractivity contribution in [2.24, 2.45) is 5.92 Å². The van der Waals surface area contributed by atoms with E-state index in [2.05, 4.69) is 17.4 Å². The van der Waals surface area contributed by atoms with Crippen molar-refractivity contribution in [1.82, 2.24) is 5.32 Å². The Morgan fingerprint density at radius 2 is 1.88 bits per heavy atom. The Balaban J connectivity index is 2.55. The fraction of sp³-hybridized carbons (Fsp3) is 0.571. The molecule has 2 N–H and O–H groups in total. The summed E-state index contributed by atoms with van der Waals surface area (Å²) in [4.78, 5) is 0. The largest absolute Gasteiger partial charge is 0.392 e. The Morgan fingerprint density at radius 3 is 2.41 bits per heavy atom. The second kappa shape index (κ2) is 7.43. The van der Waals surface area contributed by atoms with Gasteiger partial charge in [0.05, 0.1) is 18.8 Å². The number of aliphatic hydroxyl groups excluding tert-OH is 1. The summed E-state index contributed by atoms with van der Waals surface area (Å²) in [5.41, 5.74) is 1.19. The zero-order valence-corrected chi connectivity index (χ0v) is 10.9. The van der Waals surface area contributed by atoms with Crippen LogP contribution in [0.15, 0.2) is 30.3 Å². The lowest BCUT2D eigenvalue weighted by Gasteiger charge is -2.22. The molecular weight excluding hydrogens is 214 g/mol. The highest BCUT2D eigenvalue weighted by Gasteiger charge is 2.14. The van der Waals surface area contributed by atoms with Crippen LogP contribution in [-0.2, 0) is 4.74 Å². The Labute approximate surface area is 104 Å². The van der Waals surface area contributed by atoms with Crippen LogP contribution in [0.4, 0.5) is 0 Å². The topological polar surface area (TPSA) is 41.5 Å². The van der Waals surface area contributed by atoms with E-state index in [1.54, 1.807) is 7.11 Å². The third kappa shape index (κ3) is 4.86. The number of hydrogen-bond donors (Lipinski definition) is 2. The smallest absolute Gasteiger partial charge is 0.0687 e. The molecule has 2 atom stereocenters. The molecule has 96 valence electrons. The first-order valence-electron chi connectivity index (χ1n) is 6.10. The van der Waals surface area contributed by atoms with Gasteiger partial charge in [-0.25, -0.2) is 0 Å². The fourth-order valence-corrected chi connectivity index (χ4v) is 1.62. The fourth-order valence-electron chi connectivity index (χ4n) is 1.62. The number of aliphatic hydroxyl groups is 1. The quantitative estimate of drug-likeness (QED) is 0.762. The van der Waals surface area contributed by atoms with Gasteiger partial charge in [0.1, 0.15) is 0 Å². The number of hydrogen-bond acceptors (Lipinski definition) is 3. The Hall–Kier alpha value is -0.900. The second-order valence-electron chi connectivity index (χ2n) is 4.64. The SMILES string of the molecule is COC[C@H](NC[C@@H](O)C(C)C)c1ccccc1. The third-order valence-electron chi connectivity index (χ3n) is 2.88. The Morgan fingerprint density at radius 1 is 1.24 bits per heavy atom. The van der Waals surface area contributed by atoms with E-state index in [1.807, 2.05) is 32.0 Å². The Kier molecular flexibility index (Phi) is 6.19. The first-order valence-corrected chi connectivity index (χ1v) is 6.10. The van der Waals surface area contributed by atoms with Crippen LogP contribution in [0.1, 0.15) is 25.5 Å². The summed E-state index contributed by atoms with van der Waals surface area (Å²) in [5.74, 6) is 0.265. The van der Waals surface area contributed by atoms with Crippen LogP contribution in [0.25, 0.3) is 0 Å². The number of rotatable bonds is 7. The van der Waals surface area contributed by atoms with E-state index >= 15 is 0 Å². The van der Waals surface area contributed by atoms with Gasteiger partial charge in [-0.15, -0.1) is 0 Å². The minimum atomic E-state index is -0.321. The second-order valence-corrected chi connectivity index (χ2v) is 4.64. The molecule has 17 heavy (non-hydrogen) atoms. The molecule has 1 aromatic rings. The van der Waals surface area contributed by atoms with Crippen molar-refractivity contribution in [3.8, 4) is 0 Å². The predicted octanol–water partition coefficient (Wildman–Crippen LogP) is 1.98. The number of methoxy groups -OCH3 is 1. The van der Waals surface area contributed by atoms with E-state index < -0.39 is 0 Å². The molecule has 0 radical (unpaired) electrons. The molecule has 0 heterocycles. The number of nitrogens with one attached hydrogen (secondary N) is 1. The zero-order chi connectivity index (χ0) is 12.7. The molecule has 0 bridgehead atoms. The van der Waals surface area contributed by atoms with Gasteiger partial charge in [-0.1, -0.05) is 44.2 Å². The van der Waals surface area contributed by atoms with Gasteiger partial charge in [-0.2, -0.15) is 0 Å². The monoisotopic (exact) mass is 237 g/mol. The van der Waals surface area contributed by atoms with Gasteiger partial charge >= 0.3 is 0 Å². The van der Waals surface area contributed by atoms with E-state index in [-0.39, 0.29) is 18.1 Å². The maximum atomic E-state index is 9.79. The molecule has 3 nitrogen and oxygen atoms in total. The zero-order valence-electron chi connectivity index (χ0n) is 10.9. The molecule has 0 fully saturated rings. The molecule has 0 saturated heterocycles. The van der Waals surface area contributed by atoms with E-state index in [0.717, 1.165) is 0 Å². The van der Waals surface area contributed by atoms with E-state index in [0.29, 0.717) is 13.2 Å². The maximum Gasteiger partial charge on any atom is 0.0687 e. The van der Waals surface area contributed by atoms with E-state index in [1.165, 1.54) is 5.56 Å². The molecular formula is C14H23NO2. The molecule has 0 aliphatic rings. The number of ether oxygens (including phenoxy) is 1. The standard InChI is InChI=1S/C14H23NO2/c1-11(2)14(16)9-15-13(10-17-3)12-7-5-4-6-8-12/h4-8,11,13-16H,9-10H2,1-3H3/t13-,14+/m0/s1. The lowest BCUT2D eigenvalue weighted by atomic mass is 10.0. The van der Waals surface area contributed by atoms with Crippen molar-refractivity contribution < 1.29 is 9.84 Å². The highest BCUT2D eigenvalue weighted by atomic mass is 16.5. The normalized spacial score (nSPS) is 14.9. The average Bonchev–Trinajstić information content (AvgIpc) is 2.35. The first-order chi connectivity index (χ1) is 8.15. The highest BCUT2D eigenvalue weighted by Crippen LogP contribution is 2.13. The van der Waals surface area contributed by atoms with Crippen LogP contribution in [0.5, 0.6) is 0 Å². The summed E-state index contributed by atoms with van der Waals surface area (Å²) in [7, 11) is 1.69. The molecule has 0 aliphatic carbocycles. The summed E-state index contributed by atoms with van der Waals surface area (Å²) in [6.45, 7) is 5.22. The molecule has 0 aliphatic heterocycles. The van der Waals surface area contributed by atoms with Crippen LogP contribution in [-0.4, -0.2) is 31.5 Å². The molecule has 0 aromatic heterocycles. The predicted molar refractivity (Wildman–Crippen MR) is 69.9 cm³/mol. The molecule has 1 rings (SSSR count). The minimum Gasteiger partial charge on any atom is -0.392 e. The van der Waals surface area contributed by atoms with Gasteiger partial charge in [0, 0.05) is 13.7 Å². The van der Waals surface area contributed by atoms with Gasteiger partial charge in [-0.05, 0) is 11.5 Å². The third-order valence-corrected chi connectivity index (χ3v) is 2.88. The van der Waals surface area contributed by atoms with Crippen LogP contribution < -0.4 is 5.32 Å². The van der Waals surface area contributed by atoms with Gasteiger partial charge < -0.3 is 15.2 Å². The van der Waals surface area contributed by atoms with E-state index in [4.69, 9.17) is 4.74 Å².